The van der Waals surface area contributed by atoms with Gasteiger partial charge >= 0.3 is 0 Å². The second-order valence-corrected chi connectivity index (χ2v) is 6.07. The Morgan fingerprint density at radius 2 is 2.10 bits per heavy atom. The zero-order chi connectivity index (χ0) is 15.0. The maximum atomic E-state index is 12.2. The number of hydrogen-bond acceptors (Lipinski definition) is 4. The molecular weight excluding hydrogens is 288 g/mol. The quantitative estimate of drug-likeness (QED) is 0.418. The van der Waals surface area contributed by atoms with E-state index in [4.69, 9.17) is 0 Å². The number of non-ortho nitro benzene ring substituents is 1. The van der Waals surface area contributed by atoms with Crippen molar-refractivity contribution in [1.29, 1.82) is 0 Å². The Morgan fingerprint density at radius 1 is 1.29 bits per heavy atom. The molecular formula is C15H12N2O3S. The van der Waals surface area contributed by atoms with Gasteiger partial charge in [0.15, 0.2) is 5.78 Å². The topological polar surface area (TPSA) is 65.1 Å². The molecule has 0 atom stereocenters. The highest BCUT2D eigenvalue weighted by atomic mass is 32.1. The monoisotopic (exact) mass is 300 g/mol. The molecule has 6 heteroatoms. The zero-order valence-corrected chi connectivity index (χ0v) is 12.1. The van der Waals surface area contributed by atoms with Crippen LogP contribution in [-0.2, 0) is 6.54 Å². The van der Waals surface area contributed by atoms with Crippen LogP contribution in [0.5, 0.6) is 0 Å². The van der Waals surface area contributed by atoms with Gasteiger partial charge in [-0.3, -0.25) is 14.9 Å². The van der Waals surface area contributed by atoms with Crippen molar-refractivity contribution in [3.05, 3.63) is 62.5 Å². The van der Waals surface area contributed by atoms with Gasteiger partial charge in [0.1, 0.15) is 0 Å². The van der Waals surface area contributed by atoms with Gasteiger partial charge in [0.05, 0.1) is 16.3 Å². The Balaban J connectivity index is 1.91. The van der Waals surface area contributed by atoms with Gasteiger partial charge in [-0.05, 0) is 31.2 Å². The summed E-state index contributed by atoms with van der Waals surface area (Å²) in [6, 6.07) is 10.2. The van der Waals surface area contributed by atoms with Crippen LogP contribution < -0.4 is 0 Å². The van der Waals surface area contributed by atoms with E-state index in [1.54, 1.807) is 18.3 Å². The minimum absolute atomic E-state index is 0.0453. The van der Waals surface area contributed by atoms with E-state index in [9.17, 15) is 14.9 Å². The summed E-state index contributed by atoms with van der Waals surface area (Å²) < 4.78 is 1.82. The maximum absolute atomic E-state index is 12.2. The first-order chi connectivity index (χ1) is 10.0. The number of carbonyl (C=O) groups is 1. The Kier molecular flexibility index (Phi) is 3.31. The third-order valence-electron chi connectivity index (χ3n) is 3.29. The first-order valence-electron chi connectivity index (χ1n) is 6.37. The number of benzene rings is 1. The molecule has 0 aliphatic rings. The number of aryl methyl sites for hydroxylation is 1. The highest BCUT2D eigenvalue weighted by Gasteiger charge is 2.12. The van der Waals surface area contributed by atoms with E-state index in [0.29, 0.717) is 0 Å². The maximum Gasteiger partial charge on any atom is 0.270 e. The number of fused-ring (bicyclic) bond motifs is 1. The van der Waals surface area contributed by atoms with Crippen molar-refractivity contribution in [2.75, 3.05) is 0 Å². The molecule has 1 aromatic carbocycles. The number of rotatable bonds is 4. The van der Waals surface area contributed by atoms with Crippen molar-refractivity contribution in [3.8, 4) is 0 Å². The smallest absolute Gasteiger partial charge is 0.270 e. The van der Waals surface area contributed by atoms with E-state index >= 15 is 0 Å². The fourth-order valence-electron chi connectivity index (χ4n) is 2.26. The molecule has 0 fully saturated rings. The molecule has 0 N–H and O–H groups in total. The first kappa shape index (κ1) is 13.5. The van der Waals surface area contributed by atoms with E-state index in [2.05, 4.69) is 0 Å². The zero-order valence-electron chi connectivity index (χ0n) is 11.3. The summed E-state index contributed by atoms with van der Waals surface area (Å²) in [6.07, 6.45) is 1.78. The SMILES string of the molecule is Cc1ccc(C(=O)Cn2ccc3cc([N+](=O)[O-])ccc32)s1. The summed E-state index contributed by atoms with van der Waals surface area (Å²) in [4.78, 5) is 24.4. The Labute approximate surface area is 124 Å². The highest BCUT2D eigenvalue weighted by Crippen LogP contribution is 2.23. The third-order valence-corrected chi connectivity index (χ3v) is 4.34. The van der Waals surface area contributed by atoms with Gasteiger partial charge in [-0.1, -0.05) is 0 Å². The van der Waals surface area contributed by atoms with Crippen LogP contribution in [0.1, 0.15) is 14.5 Å². The van der Waals surface area contributed by atoms with Gasteiger partial charge in [0.2, 0.25) is 0 Å². The van der Waals surface area contributed by atoms with Crippen molar-refractivity contribution in [3.63, 3.8) is 0 Å². The molecule has 0 radical (unpaired) electrons. The predicted octanol–water partition coefficient (Wildman–Crippen LogP) is 3.80. The van der Waals surface area contributed by atoms with Crippen molar-refractivity contribution in [2.24, 2.45) is 0 Å². The number of carbonyl (C=O) groups excluding carboxylic acids is 1. The Bertz CT molecular complexity index is 848. The summed E-state index contributed by atoms with van der Waals surface area (Å²) in [5, 5.41) is 11.5. The molecule has 106 valence electrons. The number of aromatic nitrogens is 1. The van der Waals surface area contributed by atoms with E-state index in [0.717, 1.165) is 20.7 Å². The molecule has 0 bridgehead atoms. The molecule has 3 rings (SSSR count). The number of ketones is 1. The largest absolute Gasteiger partial charge is 0.340 e. The average molecular weight is 300 g/mol. The summed E-state index contributed by atoms with van der Waals surface area (Å²) in [5.74, 6) is 0.0453. The van der Waals surface area contributed by atoms with Crippen LogP contribution in [0, 0.1) is 17.0 Å². The molecule has 2 heterocycles. The predicted molar refractivity (Wildman–Crippen MR) is 82.0 cm³/mol. The summed E-state index contributed by atoms with van der Waals surface area (Å²) in [5.41, 5.74) is 0.877. The van der Waals surface area contributed by atoms with Gasteiger partial charge in [-0.25, -0.2) is 0 Å². The molecule has 21 heavy (non-hydrogen) atoms. The number of thiophene rings is 1. The molecule has 0 aliphatic heterocycles. The van der Waals surface area contributed by atoms with E-state index < -0.39 is 4.92 Å². The van der Waals surface area contributed by atoms with E-state index in [-0.39, 0.29) is 18.0 Å². The van der Waals surface area contributed by atoms with E-state index in [1.165, 1.54) is 23.5 Å². The lowest BCUT2D eigenvalue weighted by atomic mass is 10.2. The van der Waals surface area contributed by atoms with Gasteiger partial charge in [0, 0.05) is 34.1 Å². The second kappa shape index (κ2) is 5.14. The number of nitro benzene ring substituents is 1. The molecule has 0 saturated carbocycles. The van der Waals surface area contributed by atoms with Gasteiger partial charge in [0.25, 0.3) is 5.69 Å². The molecule has 2 aromatic heterocycles. The standard InChI is InChI=1S/C15H12N2O3S/c1-10-2-5-15(21-10)14(18)9-16-7-6-11-8-12(17(19)20)3-4-13(11)16/h2-8H,9H2,1H3. The summed E-state index contributed by atoms with van der Waals surface area (Å²) in [6.45, 7) is 2.20. The number of Topliss-reactive ketones (excluding diaryl/α,β-unsaturated/α-hetero) is 1. The molecule has 0 aliphatic carbocycles. The van der Waals surface area contributed by atoms with Crippen molar-refractivity contribution in [2.45, 2.75) is 13.5 Å². The van der Waals surface area contributed by atoms with Crippen molar-refractivity contribution >= 4 is 33.7 Å². The minimum Gasteiger partial charge on any atom is -0.340 e. The third kappa shape index (κ3) is 2.57. The van der Waals surface area contributed by atoms with Crippen molar-refractivity contribution in [1.82, 2.24) is 4.57 Å². The molecule has 0 amide bonds. The van der Waals surface area contributed by atoms with E-state index in [1.807, 2.05) is 23.6 Å². The normalized spacial score (nSPS) is 10.9. The minimum atomic E-state index is -0.420. The van der Waals surface area contributed by atoms with Gasteiger partial charge in [-0.15, -0.1) is 11.3 Å². The van der Waals surface area contributed by atoms with Gasteiger partial charge in [-0.2, -0.15) is 0 Å². The molecule has 3 aromatic rings. The lowest BCUT2D eigenvalue weighted by molar-refractivity contribution is -0.384. The van der Waals surface area contributed by atoms with Gasteiger partial charge < -0.3 is 4.57 Å². The number of nitrogens with zero attached hydrogens (tertiary/aromatic N) is 2. The van der Waals surface area contributed by atoms with Crippen LogP contribution in [0.25, 0.3) is 10.9 Å². The molecule has 0 spiro atoms. The van der Waals surface area contributed by atoms with Crippen LogP contribution in [0.2, 0.25) is 0 Å². The second-order valence-electron chi connectivity index (χ2n) is 4.78. The lowest BCUT2D eigenvalue weighted by Gasteiger charge is -2.03. The lowest BCUT2D eigenvalue weighted by Crippen LogP contribution is -2.07. The molecule has 0 unspecified atom stereocenters. The van der Waals surface area contributed by atoms with Crippen LogP contribution >= 0.6 is 11.3 Å². The number of hydrogen-bond donors (Lipinski definition) is 0. The molecule has 0 saturated heterocycles. The van der Waals surface area contributed by atoms with Crippen LogP contribution in [0.3, 0.4) is 0 Å². The van der Waals surface area contributed by atoms with Crippen LogP contribution in [-0.4, -0.2) is 15.3 Å². The fourth-order valence-corrected chi connectivity index (χ4v) is 3.05. The highest BCUT2D eigenvalue weighted by molar-refractivity contribution is 7.14. The Hall–Kier alpha value is -2.47. The van der Waals surface area contributed by atoms with Crippen molar-refractivity contribution < 1.29 is 9.72 Å². The average Bonchev–Trinajstić information content (AvgIpc) is 3.05. The first-order valence-corrected chi connectivity index (χ1v) is 7.19. The fraction of sp³-hybridized carbons (Fsp3) is 0.133. The summed E-state index contributed by atoms with van der Waals surface area (Å²) >= 11 is 1.48. The summed E-state index contributed by atoms with van der Waals surface area (Å²) in [7, 11) is 0. The Morgan fingerprint density at radius 3 is 2.76 bits per heavy atom. The number of nitro groups is 1. The molecule has 5 nitrogen and oxygen atoms in total. The van der Waals surface area contributed by atoms with Crippen LogP contribution in [0.15, 0.2) is 42.6 Å². The van der Waals surface area contributed by atoms with Crippen LogP contribution in [0.4, 0.5) is 5.69 Å².